The van der Waals surface area contributed by atoms with E-state index in [-0.39, 0.29) is 18.2 Å². The summed E-state index contributed by atoms with van der Waals surface area (Å²) in [6, 6.07) is 16.4. The molecule has 30 heavy (non-hydrogen) atoms. The lowest BCUT2D eigenvalue weighted by molar-refractivity contribution is -0.137. The normalized spacial score (nSPS) is 12.9. The lowest BCUT2D eigenvalue weighted by Gasteiger charge is -2.16. The first-order chi connectivity index (χ1) is 14.5. The van der Waals surface area contributed by atoms with Crippen molar-refractivity contribution in [2.24, 2.45) is 0 Å². The van der Waals surface area contributed by atoms with Crippen LogP contribution in [0.3, 0.4) is 0 Å². The Hall–Kier alpha value is -3.67. The fraction of sp³-hybridized carbons (Fsp3) is 0.208. The highest BCUT2D eigenvalue weighted by Crippen LogP contribution is 2.29. The Bertz CT molecular complexity index is 1150. The van der Waals surface area contributed by atoms with E-state index in [1.54, 1.807) is 22.8 Å². The number of rotatable bonds is 6. The number of aromatic nitrogens is 1. The van der Waals surface area contributed by atoms with Crippen LogP contribution in [0.2, 0.25) is 0 Å². The number of fused-ring (bicyclic) bond motifs is 1. The van der Waals surface area contributed by atoms with Gasteiger partial charge in [-0.05, 0) is 18.1 Å². The summed E-state index contributed by atoms with van der Waals surface area (Å²) in [5.74, 6) is -1.22. The van der Waals surface area contributed by atoms with Crippen molar-refractivity contribution in [2.45, 2.75) is 26.3 Å². The van der Waals surface area contributed by atoms with Crippen LogP contribution in [0.25, 0.3) is 0 Å². The zero-order valence-corrected chi connectivity index (χ0v) is 16.6. The second kappa shape index (κ2) is 7.99. The molecule has 1 aliphatic heterocycles. The second-order valence-electron chi connectivity index (χ2n) is 7.40. The zero-order valence-electron chi connectivity index (χ0n) is 16.6. The summed E-state index contributed by atoms with van der Waals surface area (Å²) in [4.78, 5) is 37.1. The minimum absolute atomic E-state index is 0.0767. The van der Waals surface area contributed by atoms with Crippen LogP contribution in [0.5, 0.6) is 0 Å². The van der Waals surface area contributed by atoms with Crippen LogP contribution in [0.15, 0.2) is 54.6 Å². The van der Waals surface area contributed by atoms with Gasteiger partial charge in [0.05, 0.1) is 5.56 Å². The van der Waals surface area contributed by atoms with Gasteiger partial charge in [-0.2, -0.15) is 0 Å². The van der Waals surface area contributed by atoms with Crippen LogP contribution in [0, 0.1) is 6.92 Å². The Balaban J connectivity index is 1.79. The first kappa shape index (κ1) is 19.6. The Morgan fingerprint density at radius 2 is 1.77 bits per heavy atom. The predicted octanol–water partition coefficient (Wildman–Crippen LogP) is 2.99. The largest absolute Gasteiger partial charge is 0.480 e. The van der Waals surface area contributed by atoms with Crippen molar-refractivity contribution in [2.75, 3.05) is 6.54 Å². The van der Waals surface area contributed by atoms with E-state index >= 15 is 0 Å². The minimum atomic E-state index is -0.951. The standard InChI is InChI=1S/C24H22N2O4/c1-15-19(22-20(11-12-25-24(22)30)26(15)14-21(27)28)13-17-9-5-6-10-18(17)23(29)16-7-3-2-4-8-16/h2-10H,11-14H2,1H3,(H,25,30)(H,27,28). The number of benzene rings is 2. The van der Waals surface area contributed by atoms with E-state index in [4.69, 9.17) is 0 Å². The molecule has 0 atom stereocenters. The molecule has 3 aromatic rings. The molecule has 2 aromatic carbocycles. The maximum Gasteiger partial charge on any atom is 0.323 e. The molecule has 1 aliphatic rings. The summed E-state index contributed by atoms with van der Waals surface area (Å²) < 4.78 is 1.72. The molecule has 1 amide bonds. The average Bonchev–Trinajstić information content (AvgIpc) is 3.01. The lowest BCUT2D eigenvalue weighted by atomic mass is 9.92. The fourth-order valence-electron chi connectivity index (χ4n) is 4.16. The molecule has 0 radical (unpaired) electrons. The number of carboxylic acids is 1. The maximum absolute atomic E-state index is 13.1. The van der Waals surface area contributed by atoms with E-state index in [2.05, 4.69) is 5.32 Å². The summed E-state index contributed by atoms with van der Waals surface area (Å²) >= 11 is 0. The molecule has 0 aliphatic carbocycles. The number of amides is 1. The number of hydrogen-bond acceptors (Lipinski definition) is 3. The molecule has 2 heterocycles. The maximum atomic E-state index is 13.1. The van der Waals surface area contributed by atoms with Gasteiger partial charge in [-0.3, -0.25) is 14.4 Å². The van der Waals surface area contributed by atoms with E-state index in [0.29, 0.717) is 36.1 Å². The van der Waals surface area contributed by atoms with Crippen LogP contribution in [-0.4, -0.2) is 33.9 Å². The van der Waals surface area contributed by atoms with Crippen molar-refractivity contribution in [1.29, 1.82) is 0 Å². The van der Waals surface area contributed by atoms with E-state index in [1.807, 2.05) is 43.3 Å². The second-order valence-corrected chi connectivity index (χ2v) is 7.40. The SMILES string of the molecule is Cc1c(Cc2ccccc2C(=O)c2ccccc2)c2c(n1CC(=O)O)CCNC2=O. The van der Waals surface area contributed by atoms with Crippen molar-refractivity contribution in [3.63, 3.8) is 0 Å². The first-order valence-corrected chi connectivity index (χ1v) is 9.86. The molecule has 2 N–H and O–H groups in total. The van der Waals surface area contributed by atoms with Gasteiger partial charge in [-0.15, -0.1) is 0 Å². The summed E-state index contributed by atoms with van der Waals surface area (Å²) in [7, 11) is 0. The molecule has 0 bridgehead atoms. The molecule has 1 aromatic heterocycles. The van der Waals surface area contributed by atoms with E-state index < -0.39 is 5.97 Å². The molecule has 0 saturated carbocycles. The number of nitrogens with one attached hydrogen (secondary N) is 1. The van der Waals surface area contributed by atoms with Gasteiger partial charge in [0.2, 0.25) is 0 Å². The van der Waals surface area contributed by atoms with E-state index in [0.717, 1.165) is 22.5 Å². The minimum Gasteiger partial charge on any atom is -0.480 e. The van der Waals surface area contributed by atoms with E-state index in [1.165, 1.54) is 0 Å². The number of nitrogens with zero attached hydrogens (tertiary/aromatic N) is 1. The van der Waals surface area contributed by atoms with Crippen LogP contribution in [0.4, 0.5) is 0 Å². The van der Waals surface area contributed by atoms with Crippen LogP contribution < -0.4 is 5.32 Å². The van der Waals surface area contributed by atoms with Gasteiger partial charge < -0.3 is 15.0 Å². The molecule has 0 saturated heterocycles. The van der Waals surface area contributed by atoms with Crippen molar-refractivity contribution in [3.8, 4) is 0 Å². The van der Waals surface area contributed by atoms with Gasteiger partial charge in [0, 0.05) is 41.9 Å². The van der Waals surface area contributed by atoms with Crippen molar-refractivity contribution in [3.05, 3.63) is 93.8 Å². The Kier molecular flexibility index (Phi) is 5.23. The monoisotopic (exact) mass is 402 g/mol. The smallest absolute Gasteiger partial charge is 0.323 e. The highest BCUT2D eigenvalue weighted by atomic mass is 16.4. The fourth-order valence-corrected chi connectivity index (χ4v) is 4.16. The highest BCUT2D eigenvalue weighted by Gasteiger charge is 2.29. The van der Waals surface area contributed by atoms with Crippen LogP contribution >= 0.6 is 0 Å². The first-order valence-electron chi connectivity index (χ1n) is 9.86. The Morgan fingerprint density at radius 3 is 2.50 bits per heavy atom. The third-order valence-electron chi connectivity index (χ3n) is 5.59. The van der Waals surface area contributed by atoms with Gasteiger partial charge >= 0.3 is 5.97 Å². The van der Waals surface area contributed by atoms with E-state index in [9.17, 15) is 19.5 Å². The summed E-state index contributed by atoms with van der Waals surface area (Å²) in [5.41, 5.74) is 4.81. The molecule has 152 valence electrons. The van der Waals surface area contributed by atoms with Gasteiger partial charge in [-0.25, -0.2) is 0 Å². The highest BCUT2D eigenvalue weighted by molar-refractivity contribution is 6.10. The van der Waals surface area contributed by atoms with Gasteiger partial charge in [0.15, 0.2) is 5.78 Å². The molecule has 0 spiro atoms. The summed E-state index contributed by atoms with van der Waals surface area (Å²) in [5, 5.41) is 12.2. The predicted molar refractivity (Wildman–Crippen MR) is 112 cm³/mol. The summed E-state index contributed by atoms with van der Waals surface area (Å²) in [6.07, 6.45) is 0.961. The number of ketones is 1. The van der Waals surface area contributed by atoms with Crippen LogP contribution in [0.1, 0.15) is 48.8 Å². The number of carbonyl (C=O) groups is 3. The molecule has 6 nitrogen and oxygen atoms in total. The molecule has 0 unspecified atom stereocenters. The number of hydrogen-bond donors (Lipinski definition) is 2. The average molecular weight is 402 g/mol. The Labute approximate surface area is 174 Å². The molecular weight excluding hydrogens is 380 g/mol. The van der Waals surface area contributed by atoms with Gasteiger partial charge in [0.1, 0.15) is 6.54 Å². The third-order valence-corrected chi connectivity index (χ3v) is 5.59. The molecule has 4 rings (SSSR count). The Morgan fingerprint density at radius 1 is 1.07 bits per heavy atom. The zero-order chi connectivity index (χ0) is 21.3. The number of aliphatic carboxylic acids is 1. The van der Waals surface area contributed by atoms with Gasteiger partial charge in [0.25, 0.3) is 5.91 Å². The number of carboxylic acid groups (broad SMARTS) is 1. The quantitative estimate of drug-likeness (QED) is 0.621. The van der Waals surface area contributed by atoms with Crippen LogP contribution in [-0.2, 0) is 24.2 Å². The number of carbonyl (C=O) groups excluding carboxylic acids is 2. The van der Waals surface area contributed by atoms with Crippen molar-refractivity contribution in [1.82, 2.24) is 9.88 Å². The lowest BCUT2D eigenvalue weighted by Crippen LogP contribution is -2.33. The molecular formula is C24H22N2O4. The van der Waals surface area contributed by atoms with Crippen molar-refractivity contribution < 1.29 is 19.5 Å². The molecule has 6 heteroatoms. The van der Waals surface area contributed by atoms with Gasteiger partial charge in [-0.1, -0.05) is 54.6 Å². The summed E-state index contributed by atoms with van der Waals surface area (Å²) in [6.45, 7) is 2.13. The third kappa shape index (κ3) is 3.52. The van der Waals surface area contributed by atoms with Crippen molar-refractivity contribution >= 4 is 17.7 Å². The topological polar surface area (TPSA) is 88.4 Å². The molecule has 0 fully saturated rings.